The molecule has 2 heterocycles. The van der Waals surface area contributed by atoms with Crippen LogP contribution in [-0.4, -0.2) is 27.5 Å². The molecule has 100 valence electrons. The van der Waals surface area contributed by atoms with E-state index in [2.05, 4.69) is 21.8 Å². The van der Waals surface area contributed by atoms with E-state index in [0.29, 0.717) is 11.2 Å². The topological polar surface area (TPSA) is 29.0 Å². The van der Waals surface area contributed by atoms with E-state index in [1.807, 2.05) is 13.0 Å². The molecule has 0 amide bonds. The van der Waals surface area contributed by atoms with Crippen LogP contribution in [0.15, 0.2) is 6.07 Å². The number of aryl methyl sites for hydroxylation is 1. The number of likely N-dealkylation sites (tertiary alicyclic amines) is 1. The molecule has 1 fully saturated rings. The molecule has 1 unspecified atom stereocenters. The molecule has 0 saturated carbocycles. The van der Waals surface area contributed by atoms with Crippen LogP contribution in [0.5, 0.6) is 0 Å². The van der Waals surface area contributed by atoms with Crippen molar-refractivity contribution in [1.29, 1.82) is 0 Å². The van der Waals surface area contributed by atoms with Gasteiger partial charge in [-0.05, 0) is 38.8 Å². The maximum atomic E-state index is 6.00. The highest BCUT2D eigenvalue weighted by Crippen LogP contribution is 2.21. The zero-order valence-corrected chi connectivity index (χ0v) is 12.1. The van der Waals surface area contributed by atoms with Crippen LogP contribution in [0.4, 0.5) is 0 Å². The van der Waals surface area contributed by atoms with Crippen LogP contribution in [0.2, 0.25) is 5.15 Å². The van der Waals surface area contributed by atoms with Crippen molar-refractivity contribution in [3.05, 3.63) is 22.7 Å². The Hall–Kier alpha value is -0.670. The maximum Gasteiger partial charge on any atom is 0.144 e. The monoisotopic (exact) mass is 267 g/mol. The molecule has 0 bridgehead atoms. The quantitative estimate of drug-likeness (QED) is 0.784. The van der Waals surface area contributed by atoms with Crippen molar-refractivity contribution in [2.45, 2.75) is 58.5 Å². The Labute approximate surface area is 115 Å². The van der Waals surface area contributed by atoms with E-state index >= 15 is 0 Å². The van der Waals surface area contributed by atoms with Gasteiger partial charge in [0.25, 0.3) is 0 Å². The van der Waals surface area contributed by atoms with Crippen molar-refractivity contribution < 1.29 is 0 Å². The molecule has 1 aromatic heterocycles. The molecule has 1 aliphatic rings. The van der Waals surface area contributed by atoms with E-state index in [1.165, 1.54) is 32.1 Å². The SMILES string of the molecule is CCC1CCCCCN1Cc1nc(C)cc(Cl)n1. The van der Waals surface area contributed by atoms with E-state index in [0.717, 1.165) is 24.6 Å². The largest absolute Gasteiger partial charge is 0.293 e. The third-order valence-electron chi connectivity index (χ3n) is 3.68. The van der Waals surface area contributed by atoms with E-state index in [9.17, 15) is 0 Å². The first-order chi connectivity index (χ1) is 8.69. The molecule has 0 aromatic carbocycles. The lowest BCUT2D eigenvalue weighted by atomic mass is 10.1. The van der Waals surface area contributed by atoms with E-state index in [1.54, 1.807) is 0 Å². The van der Waals surface area contributed by atoms with Gasteiger partial charge in [0.2, 0.25) is 0 Å². The molecule has 0 radical (unpaired) electrons. The minimum atomic E-state index is 0.556. The van der Waals surface area contributed by atoms with Crippen molar-refractivity contribution in [3.8, 4) is 0 Å². The van der Waals surface area contributed by atoms with Crippen molar-refractivity contribution in [2.75, 3.05) is 6.54 Å². The predicted molar refractivity (Wildman–Crippen MR) is 74.7 cm³/mol. The molecule has 18 heavy (non-hydrogen) atoms. The van der Waals surface area contributed by atoms with Crippen LogP contribution in [0.1, 0.15) is 50.5 Å². The zero-order chi connectivity index (χ0) is 13.0. The van der Waals surface area contributed by atoms with Gasteiger partial charge >= 0.3 is 0 Å². The molecule has 1 aliphatic heterocycles. The van der Waals surface area contributed by atoms with E-state index in [-0.39, 0.29) is 0 Å². The minimum absolute atomic E-state index is 0.556. The third-order valence-corrected chi connectivity index (χ3v) is 3.88. The molecule has 0 N–H and O–H groups in total. The Morgan fingerprint density at radius 2 is 2.17 bits per heavy atom. The summed E-state index contributed by atoms with van der Waals surface area (Å²) in [6.07, 6.45) is 6.50. The highest BCUT2D eigenvalue weighted by atomic mass is 35.5. The highest BCUT2D eigenvalue weighted by Gasteiger charge is 2.20. The number of rotatable bonds is 3. The van der Waals surface area contributed by atoms with Gasteiger partial charge in [0.1, 0.15) is 11.0 Å². The van der Waals surface area contributed by atoms with Crippen molar-refractivity contribution in [2.24, 2.45) is 0 Å². The number of hydrogen-bond acceptors (Lipinski definition) is 3. The predicted octanol–water partition coefficient (Wildman–Crippen LogP) is 3.59. The fraction of sp³-hybridized carbons (Fsp3) is 0.714. The molecular formula is C14H22ClN3. The minimum Gasteiger partial charge on any atom is -0.293 e. The molecule has 2 rings (SSSR count). The summed E-state index contributed by atoms with van der Waals surface area (Å²) >= 11 is 6.00. The summed E-state index contributed by atoms with van der Waals surface area (Å²) in [5.74, 6) is 0.861. The Bertz CT molecular complexity index is 374. The van der Waals surface area contributed by atoms with Crippen molar-refractivity contribution in [1.82, 2.24) is 14.9 Å². The Morgan fingerprint density at radius 3 is 2.89 bits per heavy atom. The fourth-order valence-electron chi connectivity index (χ4n) is 2.75. The standard InChI is InChI=1S/C14H22ClN3/c1-3-12-7-5-4-6-8-18(12)10-14-16-11(2)9-13(15)17-14/h9,12H,3-8,10H2,1-2H3. The van der Waals surface area contributed by atoms with Gasteiger partial charge in [-0.2, -0.15) is 0 Å². The second-order valence-corrected chi connectivity index (χ2v) is 5.52. The van der Waals surface area contributed by atoms with Crippen molar-refractivity contribution in [3.63, 3.8) is 0 Å². The normalized spacial score (nSPS) is 21.8. The summed E-state index contributed by atoms with van der Waals surface area (Å²) in [5.41, 5.74) is 0.952. The molecule has 3 nitrogen and oxygen atoms in total. The smallest absolute Gasteiger partial charge is 0.144 e. The molecule has 1 atom stereocenters. The van der Waals surface area contributed by atoms with Gasteiger partial charge in [-0.3, -0.25) is 4.90 Å². The first kappa shape index (κ1) is 13.8. The van der Waals surface area contributed by atoms with Crippen LogP contribution < -0.4 is 0 Å². The average molecular weight is 268 g/mol. The Kier molecular flexibility index (Phi) is 4.95. The van der Waals surface area contributed by atoms with E-state index < -0.39 is 0 Å². The molecule has 1 aromatic rings. The molecule has 4 heteroatoms. The second-order valence-electron chi connectivity index (χ2n) is 5.13. The maximum absolute atomic E-state index is 6.00. The van der Waals surface area contributed by atoms with Gasteiger partial charge < -0.3 is 0 Å². The summed E-state index contributed by atoms with van der Waals surface area (Å²) in [5, 5.41) is 0.556. The number of halogens is 1. The summed E-state index contributed by atoms with van der Waals surface area (Å²) in [6.45, 7) is 6.23. The van der Waals surface area contributed by atoms with Gasteiger partial charge in [0.05, 0.1) is 6.54 Å². The molecular weight excluding hydrogens is 246 g/mol. The number of hydrogen-bond donors (Lipinski definition) is 0. The molecule has 1 saturated heterocycles. The fourth-order valence-corrected chi connectivity index (χ4v) is 3.00. The zero-order valence-electron chi connectivity index (χ0n) is 11.3. The summed E-state index contributed by atoms with van der Waals surface area (Å²) in [7, 11) is 0. The van der Waals surface area contributed by atoms with Gasteiger partial charge in [0.15, 0.2) is 0 Å². The molecule has 0 spiro atoms. The van der Waals surface area contributed by atoms with Crippen LogP contribution in [-0.2, 0) is 6.54 Å². The van der Waals surface area contributed by atoms with Crippen LogP contribution in [0.25, 0.3) is 0 Å². The van der Waals surface area contributed by atoms with Gasteiger partial charge in [0, 0.05) is 11.7 Å². The van der Waals surface area contributed by atoms with Gasteiger partial charge in [-0.25, -0.2) is 9.97 Å². The van der Waals surface area contributed by atoms with Crippen LogP contribution >= 0.6 is 11.6 Å². The summed E-state index contributed by atoms with van der Waals surface area (Å²) in [4.78, 5) is 11.4. The second kappa shape index (κ2) is 6.48. The Morgan fingerprint density at radius 1 is 1.33 bits per heavy atom. The summed E-state index contributed by atoms with van der Waals surface area (Å²) in [6, 6.07) is 2.49. The highest BCUT2D eigenvalue weighted by molar-refractivity contribution is 6.29. The lowest BCUT2D eigenvalue weighted by Gasteiger charge is -2.28. The number of nitrogens with zero attached hydrogens (tertiary/aromatic N) is 3. The molecule has 0 aliphatic carbocycles. The lowest BCUT2D eigenvalue weighted by molar-refractivity contribution is 0.181. The lowest BCUT2D eigenvalue weighted by Crippen LogP contribution is -2.34. The first-order valence-corrected chi connectivity index (χ1v) is 7.31. The number of aromatic nitrogens is 2. The van der Waals surface area contributed by atoms with Crippen LogP contribution in [0, 0.1) is 6.92 Å². The average Bonchev–Trinajstić information content (AvgIpc) is 2.52. The van der Waals surface area contributed by atoms with Crippen LogP contribution in [0.3, 0.4) is 0 Å². The van der Waals surface area contributed by atoms with Gasteiger partial charge in [-0.1, -0.05) is 31.4 Å². The Balaban J connectivity index is 2.09. The van der Waals surface area contributed by atoms with Crippen molar-refractivity contribution >= 4 is 11.6 Å². The van der Waals surface area contributed by atoms with Gasteiger partial charge in [-0.15, -0.1) is 0 Å². The van der Waals surface area contributed by atoms with E-state index in [4.69, 9.17) is 11.6 Å². The third kappa shape index (κ3) is 3.66. The first-order valence-electron chi connectivity index (χ1n) is 6.93. The summed E-state index contributed by atoms with van der Waals surface area (Å²) < 4.78 is 0.